The molecule has 1 heterocycles. The molecule has 2 aromatic carbocycles. The Kier molecular flexibility index (Phi) is 3.78. The molecule has 4 N–H and O–H groups in total. The Bertz CT molecular complexity index is 1130. The maximum Gasteiger partial charge on any atom is 0.446 e. The molecule has 3 aromatic rings. The van der Waals surface area contributed by atoms with Crippen molar-refractivity contribution in [2.24, 2.45) is 0 Å². The molecule has 0 saturated heterocycles. The SMILES string of the molecule is O=c1c(O)c(-c2ccc(OS(=O)(=O)O)cc2)oc2cc(O)cc(O)c12. The van der Waals surface area contributed by atoms with E-state index >= 15 is 0 Å². The zero-order valence-electron chi connectivity index (χ0n) is 12.2. The first-order valence-electron chi connectivity index (χ1n) is 6.65. The van der Waals surface area contributed by atoms with Crippen molar-refractivity contribution in [3.63, 3.8) is 0 Å². The van der Waals surface area contributed by atoms with Crippen molar-refractivity contribution in [3.8, 4) is 34.3 Å². The Morgan fingerprint density at radius 1 is 1.00 bits per heavy atom. The number of hydrogen-bond acceptors (Lipinski definition) is 8. The van der Waals surface area contributed by atoms with Crippen molar-refractivity contribution in [1.29, 1.82) is 0 Å². The minimum absolute atomic E-state index is 0.159. The molecule has 0 amide bonds. The van der Waals surface area contributed by atoms with Gasteiger partial charge in [-0.05, 0) is 24.3 Å². The molecule has 0 bridgehead atoms. The molecule has 0 atom stereocenters. The van der Waals surface area contributed by atoms with Crippen LogP contribution in [0.25, 0.3) is 22.3 Å². The highest BCUT2D eigenvalue weighted by Crippen LogP contribution is 2.35. The number of benzene rings is 2. The second-order valence-corrected chi connectivity index (χ2v) is 6.00. The summed E-state index contributed by atoms with van der Waals surface area (Å²) in [5.74, 6) is -2.15. The summed E-state index contributed by atoms with van der Waals surface area (Å²) in [6.07, 6.45) is 0. The van der Waals surface area contributed by atoms with Gasteiger partial charge in [0.1, 0.15) is 28.2 Å². The molecule has 25 heavy (non-hydrogen) atoms. The molecule has 0 radical (unpaired) electrons. The summed E-state index contributed by atoms with van der Waals surface area (Å²) < 4.78 is 39.6. The zero-order valence-corrected chi connectivity index (χ0v) is 13.0. The highest BCUT2D eigenvalue weighted by atomic mass is 32.3. The van der Waals surface area contributed by atoms with Gasteiger partial charge in [0.2, 0.25) is 11.2 Å². The monoisotopic (exact) mass is 366 g/mol. The van der Waals surface area contributed by atoms with Gasteiger partial charge in [-0.15, -0.1) is 0 Å². The van der Waals surface area contributed by atoms with Gasteiger partial charge in [0.15, 0.2) is 5.76 Å². The van der Waals surface area contributed by atoms with Gasteiger partial charge >= 0.3 is 10.4 Å². The van der Waals surface area contributed by atoms with E-state index in [9.17, 15) is 28.5 Å². The second-order valence-electron chi connectivity index (χ2n) is 4.98. The van der Waals surface area contributed by atoms with Gasteiger partial charge in [0.25, 0.3) is 0 Å². The third-order valence-electron chi connectivity index (χ3n) is 3.25. The largest absolute Gasteiger partial charge is 0.508 e. The predicted octanol–water partition coefficient (Wildman–Crippen LogP) is 1.76. The van der Waals surface area contributed by atoms with E-state index in [0.29, 0.717) is 0 Å². The van der Waals surface area contributed by atoms with Crippen molar-refractivity contribution in [2.45, 2.75) is 0 Å². The van der Waals surface area contributed by atoms with Crippen LogP contribution in [0.3, 0.4) is 0 Å². The van der Waals surface area contributed by atoms with Gasteiger partial charge in [-0.2, -0.15) is 8.42 Å². The normalized spacial score (nSPS) is 11.6. The van der Waals surface area contributed by atoms with Crippen LogP contribution in [-0.4, -0.2) is 28.3 Å². The fourth-order valence-electron chi connectivity index (χ4n) is 2.25. The molecule has 1 aromatic heterocycles. The summed E-state index contributed by atoms with van der Waals surface area (Å²) in [7, 11) is -4.69. The van der Waals surface area contributed by atoms with E-state index in [1.807, 2.05) is 0 Å². The lowest BCUT2D eigenvalue weighted by atomic mass is 10.1. The molecule has 0 spiro atoms. The van der Waals surface area contributed by atoms with Crippen molar-refractivity contribution in [2.75, 3.05) is 0 Å². The lowest BCUT2D eigenvalue weighted by Crippen LogP contribution is -2.06. The minimum Gasteiger partial charge on any atom is -0.508 e. The third kappa shape index (κ3) is 3.20. The third-order valence-corrected chi connectivity index (χ3v) is 3.66. The van der Waals surface area contributed by atoms with Crippen LogP contribution in [0.1, 0.15) is 0 Å². The first kappa shape index (κ1) is 16.6. The van der Waals surface area contributed by atoms with E-state index < -0.39 is 27.3 Å². The number of fused-ring (bicyclic) bond motifs is 1. The van der Waals surface area contributed by atoms with Gasteiger partial charge in [0, 0.05) is 17.7 Å². The van der Waals surface area contributed by atoms with Crippen LogP contribution >= 0.6 is 0 Å². The van der Waals surface area contributed by atoms with E-state index in [4.69, 9.17) is 8.97 Å². The van der Waals surface area contributed by atoms with Gasteiger partial charge in [0.05, 0.1) is 0 Å². The fraction of sp³-hybridized carbons (Fsp3) is 0. The molecule has 0 aliphatic carbocycles. The Labute approximate surface area is 139 Å². The number of phenols is 2. The molecule has 9 nitrogen and oxygen atoms in total. The van der Waals surface area contributed by atoms with E-state index in [0.717, 1.165) is 24.3 Å². The maximum atomic E-state index is 12.2. The van der Waals surface area contributed by atoms with E-state index in [1.54, 1.807) is 0 Å². The topological polar surface area (TPSA) is 154 Å². The summed E-state index contributed by atoms with van der Waals surface area (Å²) in [6, 6.07) is 6.88. The quantitative estimate of drug-likeness (QED) is 0.507. The number of phenolic OH excluding ortho intramolecular Hbond substituents is 2. The number of rotatable bonds is 3. The smallest absolute Gasteiger partial charge is 0.446 e. The standard InChI is InChI=1S/C15H10O9S/c16-8-5-10(17)12-11(6-8)23-15(14(19)13(12)18)7-1-3-9(4-2-7)24-25(20,21)22/h1-6,16-17,19H,(H,20,21,22). The first-order chi connectivity index (χ1) is 11.7. The van der Waals surface area contributed by atoms with Gasteiger partial charge in [-0.1, -0.05) is 0 Å². The zero-order chi connectivity index (χ0) is 18.4. The van der Waals surface area contributed by atoms with Crippen LogP contribution in [0.15, 0.2) is 45.6 Å². The average Bonchev–Trinajstić information content (AvgIpc) is 2.49. The second kappa shape index (κ2) is 5.69. The summed E-state index contributed by atoms with van der Waals surface area (Å²) in [5.41, 5.74) is -0.886. The van der Waals surface area contributed by atoms with E-state index in [-0.39, 0.29) is 33.8 Å². The molecule has 0 unspecified atom stereocenters. The summed E-state index contributed by atoms with van der Waals surface area (Å²) in [5, 5.41) is 29.0. The van der Waals surface area contributed by atoms with Crippen molar-refractivity contribution >= 4 is 21.4 Å². The average molecular weight is 366 g/mol. The minimum atomic E-state index is -4.69. The van der Waals surface area contributed by atoms with Crippen LogP contribution in [0, 0.1) is 0 Å². The van der Waals surface area contributed by atoms with Crippen molar-refractivity contribution < 1.29 is 36.9 Å². The fourth-order valence-corrected chi connectivity index (χ4v) is 2.61. The lowest BCUT2D eigenvalue weighted by Gasteiger charge is -2.08. The summed E-state index contributed by atoms with van der Waals surface area (Å²) in [6.45, 7) is 0. The number of aromatic hydroxyl groups is 3. The lowest BCUT2D eigenvalue weighted by molar-refractivity contribution is 0.387. The van der Waals surface area contributed by atoms with E-state index in [1.165, 1.54) is 12.1 Å². The highest BCUT2D eigenvalue weighted by molar-refractivity contribution is 7.81. The molecular formula is C15H10O9S. The van der Waals surface area contributed by atoms with Crippen LogP contribution < -0.4 is 9.61 Å². The van der Waals surface area contributed by atoms with Gasteiger partial charge < -0.3 is 23.9 Å². The first-order valence-corrected chi connectivity index (χ1v) is 8.01. The van der Waals surface area contributed by atoms with Gasteiger partial charge in [-0.25, -0.2) is 0 Å². The molecule has 0 aliphatic heterocycles. The number of hydrogen-bond donors (Lipinski definition) is 4. The van der Waals surface area contributed by atoms with Crippen molar-refractivity contribution in [1.82, 2.24) is 0 Å². The molecule has 10 heteroatoms. The van der Waals surface area contributed by atoms with Gasteiger partial charge in [-0.3, -0.25) is 9.35 Å². The maximum absolute atomic E-state index is 12.2. The Morgan fingerprint density at radius 3 is 2.24 bits per heavy atom. The molecule has 130 valence electrons. The predicted molar refractivity (Wildman–Crippen MR) is 85.1 cm³/mol. The molecular weight excluding hydrogens is 356 g/mol. The summed E-state index contributed by atoms with van der Waals surface area (Å²) >= 11 is 0. The van der Waals surface area contributed by atoms with Crippen molar-refractivity contribution in [3.05, 3.63) is 46.6 Å². The van der Waals surface area contributed by atoms with E-state index in [2.05, 4.69) is 4.18 Å². The Balaban J connectivity index is 2.16. The molecule has 0 fully saturated rings. The molecule has 0 saturated carbocycles. The van der Waals surface area contributed by atoms with Crippen LogP contribution in [-0.2, 0) is 10.4 Å². The Morgan fingerprint density at radius 2 is 1.64 bits per heavy atom. The summed E-state index contributed by atoms with van der Waals surface area (Å²) in [4.78, 5) is 12.2. The highest BCUT2D eigenvalue weighted by Gasteiger charge is 2.19. The molecule has 3 rings (SSSR count). The molecule has 0 aliphatic rings. The van der Waals surface area contributed by atoms with Crippen LogP contribution in [0.5, 0.6) is 23.0 Å². The Hall–Kier alpha value is -3.24. The van der Waals surface area contributed by atoms with Crippen LogP contribution in [0.2, 0.25) is 0 Å². The van der Waals surface area contributed by atoms with Crippen LogP contribution in [0.4, 0.5) is 0 Å².